The second kappa shape index (κ2) is 7.34. The molecule has 0 atom stereocenters. The van der Waals surface area contributed by atoms with Crippen molar-refractivity contribution in [1.82, 2.24) is 5.32 Å². The number of carbonyl (C=O) groups excluding carboxylic acids is 1. The predicted molar refractivity (Wildman–Crippen MR) is 74.9 cm³/mol. The minimum Gasteiger partial charge on any atom is -0.378 e. The van der Waals surface area contributed by atoms with Gasteiger partial charge >= 0.3 is 0 Å². The fraction of sp³-hybridized carbons (Fsp3) is 0.929. The van der Waals surface area contributed by atoms with E-state index in [-0.39, 0.29) is 11.4 Å². The highest BCUT2D eigenvalue weighted by Crippen LogP contribution is 2.32. The van der Waals surface area contributed by atoms with Crippen LogP contribution in [0.3, 0.4) is 0 Å². The lowest BCUT2D eigenvalue weighted by atomic mass is 9.79. The van der Waals surface area contributed by atoms with Crippen LogP contribution in [-0.2, 0) is 9.53 Å². The van der Waals surface area contributed by atoms with Gasteiger partial charge in [0.15, 0.2) is 0 Å². The Labute approximate surface area is 116 Å². The third-order valence-corrected chi connectivity index (χ3v) is 4.59. The van der Waals surface area contributed by atoms with E-state index in [1.807, 2.05) is 6.92 Å². The lowest BCUT2D eigenvalue weighted by Gasteiger charge is -2.36. The van der Waals surface area contributed by atoms with Gasteiger partial charge in [0.2, 0.25) is 5.91 Å². The Morgan fingerprint density at radius 2 is 1.94 bits per heavy atom. The molecule has 0 aromatic rings. The number of hydrogen-bond donors (Lipinski definition) is 1. The predicted octanol–water partition coefficient (Wildman–Crippen LogP) is 3.11. The topological polar surface area (TPSA) is 38.3 Å². The molecule has 1 N–H and O–H groups in total. The summed E-state index contributed by atoms with van der Waals surface area (Å²) in [5.41, 5.74) is -0.221. The largest absolute Gasteiger partial charge is 0.378 e. The zero-order valence-electron chi connectivity index (χ0n) is 11.8. The van der Waals surface area contributed by atoms with E-state index in [9.17, 15) is 4.79 Å². The second-order valence-corrected chi connectivity index (χ2v) is 5.56. The summed E-state index contributed by atoms with van der Waals surface area (Å²) in [7, 11) is 0. The summed E-state index contributed by atoms with van der Waals surface area (Å²) >= 11 is 5.98. The first kappa shape index (κ1) is 15.8. The Morgan fingerprint density at radius 1 is 1.33 bits per heavy atom. The molecule has 106 valence electrons. The fourth-order valence-corrected chi connectivity index (χ4v) is 2.92. The standard InChI is InChI=1S/C14H26ClNO2/c1-4-14(5-2,10-15)16-13(17)9-11-7-12(8-11)18-6-3/h11-12H,4-10H2,1-3H3,(H,16,17). The van der Waals surface area contributed by atoms with E-state index in [1.165, 1.54) is 0 Å². The Balaban J connectivity index is 2.30. The van der Waals surface area contributed by atoms with Crippen molar-refractivity contribution in [2.75, 3.05) is 12.5 Å². The molecule has 3 nitrogen and oxygen atoms in total. The number of ether oxygens (including phenoxy) is 1. The molecule has 0 radical (unpaired) electrons. The number of hydrogen-bond acceptors (Lipinski definition) is 2. The average molecular weight is 276 g/mol. The van der Waals surface area contributed by atoms with Gasteiger partial charge in [-0.15, -0.1) is 11.6 Å². The molecule has 1 rings (SSSR count). The van der Waals surface area contributed by atoms with Crippen LogP contribution in [0, 0.1) is 5.92 Å². The SMILES string of the molecule is CCOC1CC(CC(=O)NC(CC)(CC)CCl)C1. The minimum atomic E-state index is -0.221. The summed E-state index contributed by atoms with van der Waals surface area (Å²) in [6, 6.07) is 0. The normalized spacial score (nSPS) is 23.6. The first-order valence-corrected chi connectivity index (χ1v) is 7.61. The molecule has 0 aliphatic heterocycles. The van der Waals surface area contributed by atoms with Gasteiger partial charge < -0.3 is 10.1 Å². The highest BCUT2D eigenvalue weighted by molar-refractivity contribution is 6.18. The number of nitrogens with one attached hydrogen (secondary N) is 1. The van der Waals surface area contributed by atoms with Crippen LogP contribution in [0.25, 0.3) is 0 Å². The third-order valence-electron chi connectivity index (χ3n) is 4.08. The van der Waals surface area contributed by atoms with Crippen molar-refractivity contribution in [2.24, 2.45) is 5.92 Å². The van der Waals surface area contributed by atoms with Crippen molar-refractivity contribution in [3.8, 4) is 0 Å². The molecule has 0 bridgehead atoms. The van der Waals surface area contributed by atoms with Crippen molar-refractivity contribution < 1.29 is 9.53 Å². The number of alkyl halides is 1. The Kier molecular flexibility index (Phi) is 6.44. The summed E-state index contributed by atoms with van der Waals surface area (Å²) in [6.07, 6.45) is 4.79. The minimum absolute atomic E-state index is 0.138. The Morgan fingerprint density at radius 3 is 2.39 bits per heavy atom. The molecule has 1 fully saturated rings. The molecular formula is C14H26ClNO2. The van der Waals surface area contributed by atoms with E-state index in [4.69, 9.17) is 16.3 Å². The molecule has 0 aromatic carbocycles. The summed E-state index contributed by atoms with van der Waals surface area (Å²) in [4.78, 5) is 12.0. The molecule has 1 saturated carbocycles. The first-order chi connectivity index (χ1) is 8.59. The Hall–Kier alpha value is -0.280. The summed E-state index contributed by atoms with van der Waals surface area (Å²) in [5, 5.41) is 3.11. The van der Waals surface area contributed by atoms with Crippen molar-refractivity contribution in [3.05, 3.63) is 0 Å². The van der Waals surface area contributed by atoms with Crippen molar-refractivity contribution in [2.45, 2.75) is 64.5 Å². The maximum Gasteiger partial charge on any atom is 0.220 e. The molecule has 1 aliphatic rings. The van der Waals surface area contributed by atoms with Crippen LogP contribution in [0.15, 0.2) is 0 Å². The summed E-state index contributed by atoms with van der Waals surface area (Å²) < 4.78 is 5.50. The average Bonchev–Trinajstić information content (AvgIpc) is 2.34. The highest BCUT2D eigenvalue weighted by Gasteiger charge is 2.33. The van der Waals surface area contributed by atoms with Gasteiger partial charge in [-0.1, -0.05) is 13.8 Å². The smallest absolute Gasteiger partial charge is 0.220 e. The fourth-order valence-electron chi connectivity index (χ4n) is 2.47. The monoisotopic (exact) mass is 275 g/mol. The van der Waals surface area contributed by atoms with Crippen LogP contribution >= 0.6 is 11.6 Å². The lowest BCUT2D eigenvalue weighted by Crippen LogP contribution is -2.50. The van der Waals surface area contributed by atoms with Crippen molar-refractivity contribution in [1.29, 1.82) is 0 Å². The highest BCUT2D eigenvalue weighted by atomic mass is 35.5. The molecule has 0 unspecified atom stereocenters. The van der Waals surface area contributed by atoms with Gasteiger partial charge in [-0.25, -0.2) is 0 Å². The molecule has 1 amide bonds. The second-order valence-electron chi connectivity index (χ2n) is 5.29. The van der Waals surface area contributed by atoms with E-state index >= 15 is 0 Å². The van der Waals surface area contributed by atoms with Crippen LogP contribution in [0.5, 0.6) is 0 Å². The molecule has 4 heteroatoms. The molecule has 0 heterocycles. The van der Waals surface area contributed by atoms with E-state index in [2.05, 4.69) is 19.2 Å². The quantitative estimate of drug-likeness (QED) is 0.691. The number of amides is 1. The van der Waals surface area contributed by atoms with Gasteiger partial charge in [0.1, 0.15) is 0 Å². The van der Waals surface area contributed by atoms with Crippen LogP contribution in [-0.4, -0.2) is 30.0 Å². The van der Waals surface area contributed by atoms with Crippen LogP contribution < -0.4 is 5.32 Å². The Bertz CT molecular complexity index is 252. The molecular weight excluding hydrogens is 250 g/mol. The number of halogens is 1. The molecule has 1 aliphatic carbocycles. The molecule has 0 spiro atoms. The van der Waals surface area contributed by atoms with Crippen LogP contribution in [0.2, 0.25) is 0 Å². The summed E-state index contributed by atoms with van der Waals surface area (Å²) in [5.74, 6) is 1.11. The van der Waals surface area contributed by atoms with Crippen LogP contribution in [0.4, 0.5) is 0 Å². The van der Waals surface area contributed by atoms with Gasteiger partial charge in [-0.3, -0.25) is 4.79 Å². The molecule has 0 aromatic heterocycles. The number of rotatable bonds is 8. The summed E-state index contributed by atoms with van der Waals surface area (Å²) in [6.45, 7) is 6.92. The van der Waals surface area contributed by atoms with E-state index in [0.717, 1.165) is 32.3 Å². The van der Waals surface area contributed by atoms with Crippen molar-refractivity contribution in [3.63, 3.8) is 0 Å². The molecule has 18 heavy (non-hydrogen) atoms. The zero-order valence-corrected chi connectivity index (χ0v) is 12.6. The number of carbonyl (C=O) groups is 1. The van der Waals surface area contributed by atoms with E-state index in [0.29, 0.717) is 24.3 Å². The zero-order chi connectivity index (χ0) is 13.6. The van der Waals surface area contributed by atoms with Crippen molar-refractivity contribution >= 4 is 17.5 Å². The van der Waals surface area contributed by atoms with Gasteiger partial charge in [0.25, 0.3) is 0 Å². The van der Waals surface area contributed by atoms with Gasteiger partial charge in [0, 0.05) is 18.9 Å². The maximum absolute atomic E-state index is 12.0. The maximum atomic E-state index is 12.0. The van der Waals surface area contributed by atoms with Gasteiger partial charge in [-0.05, 0) is 38.5 Å². The van der Waals surface area contributed by atoms with E-state index in [1.54, 1.807) is 0 Å². The van der Waals surface area contributed by atoms with Gasteiger partial charge in [-0.2, -0.15) is 0 Å². The lowest BCUT2D eigenvalue weighted by molar-refractivity contribution is -0.126. The van der Waals surface area contributed by atoms with E-state index < -0.39 is 0 Å². The molecule has 0 saturated heterocycles. The van der Waals surface area contributed by atoms with Crippen LogP contribution in [0.1, 0.15) is 52.9 Å². The van der Waals surface area contributed by atoms with Gasteiger partial charge in [0.05, 0.1) is 11.6 Å². The first-order valence-electron chi connectivity index (χ1n) is 7.07. The third kappa shape index (κ3) is 4.13.